The van der Waals surface area contributed by atoms with Crippen LogP contribution in [-0.2, 0) is 0 Å². The Kier molecular flexibility index (Phi) is 3.65. The van der Waals surface area contributed by atoms with Crippen LogP contribution in [0, 0.1) is 15.5 Å². The number of nitrogens with one attached hydrogen (secondary N) is 1. The van der Waals surface area contributed by atoms with Gasteiger partial charge in [-0.1, -0.05) is 13.8 Å². The van der Waals surface area contributed by atoms with Crippen molar-refractivity contribution in [2.75, 3.05) is 5.73 Å². The zero-order valence-electron chi connectivity index (χ0n) is 11.7. The number of nitro benzene ring substituents is 1. The van der Waals surface area contributed by atoms with Gasteiger partial charge in [-0.2, -0.15) is 0 Å². The highest BCUT2D eigenvalue weighted by Gasteiger charge is 2.32. The normalized spacial score (nSPS) is 20.6. The minimum absolute atomic E-state index is 0.108. The van der Waals surface area contributed by atoms with Crippen molar-refractivity contribution in [2.24, 2.45) is 5.41 Å². The maximum absolute atomic E-state index is 12.2. The number of carbonyl (C=O) groups is 1. The van der Waals surface area contributed by atoms with Crippen LogP contribution < -0.4 is 11.1 Å². The predicted octanol–water partition coefficient (Wildman–Crippen LogP) is 2.49. The number of nitro groups is 1. The number of anilines is 1. The molecule has 0 heterocycles. The average molecular weight is 277 g/mol. The Morgan fingerprint density at radius 3 is 2.75 bits per heavy atom. The molecule has 2 rings (SSSR count). The third-order valence-corrected chi connectivity index (χ3v) is 3.80. The molecule has 0 aromatic heterocycles. The second-order valence-electron chi connectivity index (χ2n) is 6.11. The van der Waals surface area contributed by atoms with Crippen molar-refractivity contribution >= 4 is 17.3 Å². The SMILES string of the molecule is CC1(C)CCC(NC(=O)c2cc([N+](=O)[O-])ccc2N)C1. The van der Waals surface area contributed by atoms with E-state index in [4.69, 9.17) is 5.73 Å². The molecule has 6 heteroatoms. The van der Waals surface area contributed by atoms with E-state index in [-0.39, 0.29) is 34.3 Å². The maximum Gasteiger partial charge on any atom is 0.270 e. The molecule has 1 unspecified atom stereocenters. The number of hydrogen-bond donors (Lipinski definition) is 2. The van der Waals surface area contributed by atoms with Gasteiger partial charge in [0.25, 0.3) is 11.6 Å². The number of rotatable bonds is 3. The molecule has 1 aromatic carbocycles. The molecule has 1 aliphatic carbocycles. The van der Waals surface area contributed by atoms with Gasteiger partial charge in [-0.3, -0.25) is 14.9 Å². The summed E-state index contributed by atoms with van der Waals surface area (Å²) in [4.78, 5) is 22.4. The van der Waals surface area contributed by atoms with Gasteiger partial charge in [0.2, 0.25) is 0 Å². The van der Waals surface area contributed by atoms with Crippen molar-refractivity contribution < 1.29 is 9.72 Å². The van der Waals surface area contributed by atoms with Gasteiger partial charge in [-0.15, -0.1) is 0 Å². The fourth-order valence-corrected chi connectivity index (χ4v) is 2.68. The smallest absolute Gasteiger partial charge is 0.270 e. The topological polar surface area (TPSA) is 98.3 Å². The summed E-state index contributed by atoms with van der Waals surface area (Å²) in [7, 11) is 0. The van der Waals surface area contributed by atoms with E-state index < -0.39 is 4.92 Å². The van der Waals surface area contributed by atoms with Gasteiger partial charge in [0.1, 0.15) is 0 Å². The van der Waals surface area contributed by atoms with Crippen LogP contribution in [0.3, 0.4) is 0 Å². The van der Waals surface area contributed by atoms with E-state index in [1.807, 2.05) is 0 Å². The summed E-state index contributed by atoms with van der Waals surface area (Å²) in [6.45, 7) is 4.34. The third-order valence-electron chi connectivity index (χ3n) is 3.80. The Balaban J connectivity index is 2.13. The predicted molar refractivity (Wildman–Crippen MR) is 76.4 cm³/mol. The molecule has 1 saturated carbocycles. The highest BCUT2D eigenvalue weighted by atomic mass is 16.6. The van der Waals surface area contributed by atoms with Gasteiger partial charge in [0.05, 0.1) is 10.5 Å². The fourth-order valence-electron chi connectivity index (χ4n) is 2.68. The lowest BCUT2D eigenvalue weighted by atomic mass is 9.92. The summed E-state index contributed by atoms with van der Waals surface area (Å²) in [5, 5.41) is 13.7. The van der Waals surface area contributed by atoms with Crippen LogP contribution in [0.5, 0.6) is 0 Å². The van der Waals surface area contributed by atoms with Crippen LogP contribution in [0.15, 0.2) is 18.2 Å². The van der Waals surface area contributed by atoms with E-state index in [0.717, 1.165) is 19.3 Å². The summed E-state index contributed by atoms with van der Waals surface area (Å²) in [5.41, 5.74) is 6.26. The Morgan fingerprint density at radius 2 is 2.20 bits per heavy atom. The van der Waals surface area contributed by atoms with Crippen LogP contribution in [0.1, 0.15) is 43.5 Å². The zero-order chi connectivity index (χ0) is 14.9. The van der Waals surface area contributed by atoms with Crippen LogP contribution in [0.25, 0.3) is 0 Å². The van der Waals surface area contributed by atoms with Gasteiger partial charge in [-0.05, 0) is 30.7 Å². The molecule has 1 amide bonds. The molecule has 20 heavy (non-hydrogen) atoms. The standard InChI is InChI=1S/C14H19N3O3/c1-14(2)6-5-9(8-14)16-13(18)11-7-10(17(19)20)3-4-12(11)15/h3-4,7,9H,5-6,8,15H2,1-2H3,(H,16,18). The molecule has 3 N–H and O–H groups in total. The molecule has 0 radical (unpaired) electrons. The average Bonchev–Trinajstić information content (AvgIpc) is 2.68. The first-order valence-electron chi connectivity index (χ1n) is 6.63. The molecule has 0 saturated heterocycles. The molecular weight excluding hydrogens is 258 g/mol. The van der Waals surface area contributed by atoms with Crippen LogP contribution in [0.4, 0.5) is 11.4 Å². The van der Waals surface area contributed by atoms with E-state index in [1.54, 1.807) is 0 Å². The molecule has 108 valence electrons. The monoisotopic (exact) mass is 277 g/mol. The quantitative estimate of drug-likeness (QED) is 0.503. The second kappa shape index (κ2) is 5.11. The zero-order valence-corrected chi connectivity index (χ0v) is 11.7. The number of nitrogens with two attached hydrogens (primary N) is 1. The minimum atomic E-state index is -0.533. The fraction of sp³-hybridized carbons (Fsp3) is 0.500. The lowest BCUT2D eigenvalue weighted by Crippen LogP contribution is -2.34. The van der Waals surface area contributed by atoms with E-state index in [2.05, 4.69) is 19.2 Å². The van der Waals surface area contributed by atoms with Crippen molar-refractivity contribution in [2.45, 2.75) is 39.2 Å². The van der Waals surface area contributed by atoms with Crippen LogP contribution in [-0.4, -0.2) is 16.9 Å². The first-order chi connectivity index (χ1) is 9.28. The van der Waals surface area contributed by atoms with Crippen molar-refractivity contribution in [1.29, 1.82) is 0 Å². The number of amides is 1. The minimum Gasteiger partial charge on any atom is -0.398 e. The maximum atomic E-state index is 12.2. The number of benzene rings is 1. The van der Waals surface area contributed by atoms with E-state index >= 15 is 0 Å². The lowest BCUT2D eigenvalue weighted by Gasteiger charge is -2.18. The number of nitrogen functional groups attached to an aromatic ring is 1. The molecule has 1 aromatic rings. The Hall–Kier alpha value is -2.11. The summed E-state index contributed by atoms with van der Waals surface area (Å²) in [5.74, 6) is -0.339. The van der Waals surface area contributed by atoms with Crippen LogP contribution >= 0.6 is 0 Å². The van der Waals surface area contributed by atoms with Crippen molar-refractivity contribution in [3.05, 3.63) is 33.9 Å². The number of non-ortho nitro benzene ring substituents is 1. The Bertz CT molecular complexity index is 555. The van der Waals surface area contributed by atoms with Gasteiger partial charge < -0.3 is 11.1 Å². The van der Waals surface area contributed by atoms with Gasteiger partial charge >= 0.3 is 0 Å². The summed E-state index contributed by atoms with van der Waals surface area (Å²) >= 11 is 0. The molecule has 1 aliphatic rings. The molecule has 1 atom stereocenters. The van der Waals surface area contributed by atoms with Gasteiger partial charge in [0.15, 0.2) is 0 Å². The van der Waals surface area contributed by atoms with Crippen LogP contribution in [0.2, 0.25) is 0 Å². The number of carbonyl (C=O) groups excluding carboxylic acids is 1. The Labute approximate surface area is 117 Å². The molecule has 0 bridgehead atoms. The van der Waals surface area contributed by atoms with Crippen molar-refractivity contribution in [3.8, 4) is 0 Å². The van der Waals surface area contributed by atoms with E-state index in [9.17, 15) is 14.9 Å². The van der Waals surface area contributed by atoms with Crippen molar-refractivity contribution in [3.63, 3.8) is 0 Å². The summed E-state index contributed by atoms with van der Waals surface area (Å²) < 4.78 is 0. The molecule has 6 nitrogen and oxygen atoms in total. The van der Waals surface area contributed by atoms with Gasteiger partial charge in [0, 0.05) is 23.9 Å². The highest BCUT2D eigenvalue weighted by molar-refractivity contribution is 5.99. The molecule has 0 aliphatic heterocycles. The number of nitrogens with zero attached hydrogens (tertiary/aromatic N) is 1. The first-order valence-corrected chi connectivity index (χ1v) is 6.63. The second-order valence-corrected chi connectivity index (χ2v) is 6.11. The highest BCUT2D eigenvalue weighted by Crippen LogP contribution is 2.37. The van der Waals surface area contributed by atoms with E-state index in [1.165, 1.54) is 18.2 Å². The lowest BCUT2D eigenvalue weighted by molar-refractivity contribution is -0.384. The molecular formula is C14H19N3O3. The van der Waals surface area contributed by atoms with E-state index in [0.29, 0.717) is 0 Å². The van der Waals surface area contributed by atoms with Crippen molar-refractivity contribution in [1.82, 2.24) is 5.32 Å². The molecule has 1 fully saturated rings. The molecule has 0 spiro atoms. The largest absolute Gasteiger partial charge is 0.398 e. The van der Waals surface area contributed by atoms with Gasteiger partial charge in [-0.25, -0.2) is 0 Å². The first kappa shape index (κ1) is 14.3. The number of hydrogen-bond acceptors (Lipinski definition) is 4. The summed E-state index contributed by atoms with van der Waals surface area (Å²) in [6.07, 6.45) is 2.89. The third kappa shape index (κ3) is 3.07. The summed E-state index contributed by atoms with van der Waals surface area (Å²) in [6, 6.07) is 4.03. The Morgan fingerprint density at radius 1 is 1.50 bits per heavy atom.